The Morgan fingerprint density at radius 2 is 2.06 bits per heavy atom. The van der Waals surface area contributed by atoms with Crippen LogP contribution in [-0.4, -0.2) is 10.9 Å². The van der Waals surface area contributed by atoms with Crippen LogP contribution in [0.15, 0.2) is 34.4 Å². The molecule has 0 aliphatic heterocycles. The van der Waals surface area contributed by atoms with E-state index in [9.17, 15) is 9.59 Å². The average Bonchev–Trinajstić information content (AvgIpc) is 2.82. The Labute approximate surface area is 107 Å². The number of H-pyrrole nitrogens is 1. The van der Waals surface area contributed by atoms with Gasteiger partial charge in [-0.25, -0.2) is 0 Å². The Morgan fingerprint density at radius 1 is 1.33 bits per heavy atom. The van der Waals surface area contributed by atoms with Gasteiger partial charge in [0.25, 0.3) is 5.91 Å². The average molecular weight is 264 g/mol. The van der Waals surface area contributed by atoms with Crippen LogP contribution in [0.25, 0.3) is 0 Å². The second kappa shape index (κ2) is 5.48. The topological polar surface area (TPSA) is 100 Å². The second-order valence-corrected chi connectivity index (χ2v) is 4.42. The molecule has 1 amide bonds. The van der Waals surface area contributed by atoms with E-state index in [-0.39, 0.29) is 10.8 Å². The third kappa shape index (κ3) is 2.96. The zero-order valence-corrected chi connectivity index (χ0v) is 10.2. The zero-order valence-electron chi connectivity index (χ0n) is 9.40. The van der Waals surface area contributed by atoms with Crippen molar-refractivity contribution >= 4 is 22.9 Å². The van der Waals surface area contributed by atoms with Gasteiger partial charge in [0.2, 0.25) is 0 Å². The Morgan fingerprint density at radius 3 is 2.61 bits per heavy atom. The highest BCUT2D eigenvalue weighted by molar-refractivity contribution is 7.07. The summed E-state index contributed by atoms with van der Waals surface area (Å²) in [5.74, 6) is 5.03. The van der Waals surface area contributed by atoms with Crippen LogP contribution >= 0.6 is 11.3 Å². The molecule has 6 nitrogen and oxygen atoms in total. The van der Waals surface area contributed by atoms with E-state index in [1.165, 1.54) is 0 Å². The monoisotopic (exact) mass is 264 g/mol. The third-order valence-corrected chi connectivity index (χ3v) is 3.04. The Bertz CT molecular complexity index is 588. The minimum Gasteiger partial charge on any atom is -0.346 e. The van der Waals surface area contributed by atoms with Gasteiger partial charge < -0.3 is 15.7 Å². The van der Waals surface area contributed by atoms with Gasteiger partial charge in [-0.2, -0.15) is 0 Å². The number of nitrogen functional groups attached to an aromatic ring is 1. The molecule has 0 radical (unpaired) electrons. The van der Waals surface area contributed by atoms with Crippen LogP contribution in [0.4, 0.5) is 5.69 Å². The SMILES string of the molecule is NNc1ccc(C(=O)NCc2csc(=O)[nH]2)cc1. The number of aromatic nitrogens is 1. The second-order valence-electron chi connectivity index (χ2n) is 3.58. The largest absolute Gasteiger partial charge is 0.346 e. The standard InChI is InChI=1S/C11H12N4O2S/c12-15-8-3-1-7(2-4-8)10(16)13-5-9-6-18-11(17)14-9/h1-4,6,15H,5,12H2,(H,13,16)(H,14,17). The molecule has 2 rings (SSSR count). The molecule has 2 aromatic rings. The Balaban J connectivity index is 1.96. The number of hydrazine groups is 1. The lowest BCUT2D eigenvalue weighted by molar-refractivity contribution is 0.0950. The zero-order chi connectivity index (χ0) is 13.0. The molecule has 0 aliphatic rings. The number of rotatable bonds is 4. The number of hydrogen-bond donors (Lipinski definition) is 4. The molecule has 0 atom stereocenters. The summed E-state index contributed by atoms with van der Waals surface area (Å²) >= 11 is 1.07. The first-order valence-electron chi connectivity index (χ1n) is 5.20. The van der Waals surface area contributed by atoms with Crippen LogP contribution in [0.3, 0.4) is 0 Å². The summed E-state index contributed by atoms with van der Waals surface area (Å²) < 4.78 is 0. The number of anilines is 1. The van der Waals surface area contributed by atoms with Crippen molar-refractivity contribution in [3.8, 4) is 0 Å². The molecular formula is C11H12N4O2S. The first-order valence-corrected chi connectivity index (χ1v) is 6.08. The minimum absolute atomic E-state index is 0.127. The van der Waals surface area contributed by atoms with Crippen LogP contribution in [0, 0.1) is 0 Å². The molecule has 1 heterocycles. The maximum Gasteiger partial charge on any atom is 0.304 e. The summed E-state index contributed by atoms with van der Waals surface area (Å²) in [6.45, 7) is 0.300. The lowest BCUT2D eigenvalue weighted by atomic mass is 10.2. The fourth-order valence-electron chi connectivity index (χ4n) is 1.40. The van der Waals surface area contributed by atoms with Crippen molar-refractivity contribution in [3.05, 3.63) is 50.6 Å². The molecule has 0 saturated heterocycles. The summed E-state index contributed by atoms with van der Waals surface area (Å²) in [6.07, 6.45) is 0. The van der Waals surface area contributed by atoms with Crippen molar-refractivity contribution in [2.75, 3.05) is 5.43 Å². The van der Waals surface area contributed by atoms with Crippen molar-refractivity contribution in [3.63, 3.8) is 0 Å². The maximum absolute atomic E-state index is 11.8. The summed E-state index contributed by atoms with van der Waals surface area (Å²) in [6, 6.07) is 6.75. The molecule has 1 aromatic carbocycles. The fourth-order valence-corrected chi connectivity index (χ4v) is 1.98. The van der Waals surface area contributed by atoms with Gasteiger partial charge in [-0.05, 0) is 24.3 Å². The van der Waals surface area contributed by atoms with E-state index in [4.69, 9.17) is 5.84 Å². The first-order chi connectivity index (χ1) is 8.69. The number of nitrogens with one attached hydrogen (secondary N) is 3. The van der Waals surface area contributed by atoms with E-state index in [0.29, 0.717) is 17.8 Å². The highest BCUT2D eigenvalue weighted by Gasteiger charge is 2.05. The molecule has 1 aromatic heterocycles. The van der Waals surface area contributed by atoms with Gasteiger partial charge in [-0.3, -0.25) is 15.4 Å². The van der Waals surface area contributed by atoms with Crippen molar-refractivity contribution in [1.29, 1.82) is 0 Å². The van der Waals surface area contributed by atoms with E-state index >= 15 is 0 Å². The molecule has 0 bridgehead atoms. The van der Waals surface area contributed by atoms with Crippen molar-refractivity contribution < 1.29 is 4.79 Å². The minimum atomic E-state index is -0.203. The van der Waals surface area contributed by atoms with Crippen LogP contribution in [0.2, 0.25) is 0 Å². The number of thiazole rings is 1. The number of amides is 1. The van der Waals surface area contributed by atoms with E-state index in [1.54, 1.807) is 29.6 Å². The van der Waals surface area contributed by atoms with Crippen molar-refractivity contribution in [2.24, 2.45) is 5.84 Å². The number of aromatic amines is 1. The van der Waals surface area contributed by atoms with Gasteiger partial charge in [0.05, 0.1) is 6.54 Å². The van der Waals surface area contributed by atoms with Crippen LogP contribution < -0.4 is 21.5 Å². The molecule has 0 aliphatic carbocycles. The predicted octanol–water partition coefficient (Wildman–Crippen LogP) is 0.652. The van der Waals surface area contributed by atoms with Crippen LogP contribution in [-0.2, 0) is 6.54 Å². The van der Waals surface area contributed by atoms with Crippen LogP contribution in [0.1, 0.15) is 16.1 Å². The predicted molar refractivity (Wildman–Crippen MR) is 70.4 cm³/mol. The maximum atomic E-state index is 11.8. The number of hydrogen-bond acceptors (Lipinski definition) is 5. The summed E-state index contributed by atoms with van der Waals surface area (Å²) in [5.41, 5.74) is 4.44. The van der Waals surface area contributed by atoms with Crippen molar-refractivity contribution in [2.45, 2.75) is 6.54 Å². The highest BCUT2D eigenvalue weighted by atomic mass is 32.1. The van der Waals surface area contributed by atoms with Gasteiger partial charge in [0.15, 0.2) is 0 Å². The van der Waals surface area contributed by atoms with Gasteiger partial charge in [0.1, 0.15) is 0 Å². The smallest absolute Gasteiger partial charge is 0.304 e. The Kier molecular flexibility index (Phi) is 3.75. The molecule has 0 unspecified atom stereocenters. The number of carbonyl (C=O) groups excluding carboxylic acids is 1. The van der Waals surface area contributed by atoms with E-state index in [0.717, 1.165) is 17.0 Å². The Hall–Kier alpha value is -2.12. The van der Waals surface area contributed by atoms with Gasteiger partial charge in [-0.1, -0.05) is 11.3 Å². The van der Waals surface area contributed by atoms with Gasteiger partial charge in [0, 0.05) is 22.3 Å². The summed E-state index contributed by atoms with van der Waals surface area (Å²) in [4.78, 5) is 25.2. The first kappa shape index (κ1) is 12.3. The highest BCUT2D eigenvalue weighted by Crippen LogP contribution is 2.08. The fraction of sp³-hybridized carbons (Fsp3) is 0.0909. The van der Waals surface area contributed by atoms with Crippen molar-refractivity contribution in [1.82, 2.24) is 10.3 Å². The third-order valence-electron chi connectivity index (χ3n) is 2.32. The molecule has 0 spiro atoms. The summed E-state index contributed by atoms with van der Waals surface area (Å²) in [5, 5.41) is 4.40. The number of nitrogens with two attached hydrogens (primary N) is 1. The molecule has 94 valence electrons. The van der Waals surface area contributed by atoms with E-state index in [2.05, 4.69) is 15.7 Å². The summed E-state index contributed by atoms with van der Waals surface area (Å²) in [7, 11) is 0. The lowest BCUT2D eigenvalue weighted by Crippen LogP contribution is -2.23. The lowest BCUT2D eigenvalue weighted by Gasteiger charge is -2.04. The molecule has 7 heteroatoms. The van der Waals surface area contributed by atoms with Gasteiger partial charge >= 0.3 is 4.87 Å². The van der Waals surface area contributed by atoms with Crippen LogP contribution in [0.5, 0.6) is 0 Å². The normalized spacial score (nSPS) is 10.1. The molecule has 5 N–H and O–H groups in total. The molecule has 0 saturated carbocycles. The number of benzene rings is 1. The molecular weight excluding hydrogens is 252 g/mol. The van der Waals surface area contributed by atoms with E-state index < -0.39 is 0 Å². The molecule has 18 heavy (non-hydrogen) atoms. The molecule has 0 fully saturated rings. The van der Waals surface area contributed by atoms with Gasteiger partial charge in [-0.15, -0.1) is 0 Å². The quantitative estimate of drug-likeness (QED) is 0.481. The number of carbonyl (C=O) groups is 1. The van der Waals surface area contributed by atoms with E-state index in [1.807, 2.05) is 0 Å².